The molecule has 2 aromatic rings. The van der Waals surface area contributed by atoms with Crippen molar-refractivity contribution in [2.24, 2.45) is 5.92 Å². The van der Waals surface area contributed by atoms with E-state index in [1.54, 1.807) is 0 Å². The summed E-state index contributed by atoms with van der Waals surface area (Å²) in [6.07, 6.45) is 2.07. The number of aliphatic hydroxyl groups is 1. The van der Waals surface area contributed by atoms with Gasteiger partial charge in [-0.1, -0.05) is 22.9 Å². The van der Waals surface area contributed by atoms with Crippen LogP contribution in [0, 0.1) is 5.92 Å². The molecule has 1 aromatic heterocycles. The molecular weight excluding hydrogens is 254 g/mol. The first-order chi connectivity index (χ1) is 7.20. The second-order valence-electron chi connectivity index (χ2n) is 3.96. The zero-order valence-electron chi connectivity index (χ0n) is 8.65. The lowest BCUT2D eigenvalue weighted by atomic mass is 10.2. The molecule has 2 nitrogen and oxygen atoms in total. The molecule has 0 saturated heterocycles. The van der Waals surface area contributed by atoms with Crippen LogP contribution in [0.5, 0.6) is 0 Å². The van der Waals surface area contributed by atoms with Crippen LogP contribution in [-0.4, -0.2) is 16.3 Å². The Morgan fingerprint density at radius 2 is 2.20 bits per heavy atom. The van der Waals surface area contributed by atoms with Gasteiger partial charge in [0.25, 0.3) is 0 Å². The Hall–Kier alpha value is -0.800. The van der Waals surface area contributed by atoms with E-state index < -0.39 is 0 Å². The Kier molecular flexibility index (Phi) is 3.12. The standard InChI is InChI=1S/C12H14BrNO/c1-9(8-15)7-14-5-4-10-6-11(13)2-3-12(10)14/h2-6,9,15H,7-8H2,1H3. The molecule has 3 heteroatoms. The third-order valence-electron chi connectivity index (χ3n) is 2.55. The topological polar surface area (TPSA) is 25.2 Å². The quantitative estimate of drug-likeness (QED) is 0.909. The van der Waals surface area contributed by atoms with Crippen LogP contribution in [0.4, 0.5) is 0 Å². The predicted molar refractivity (Wildman–Crippen MR) is 65.9 cm³/mol. The Balaban J connectivity index is 2.36. The monoisotopic (exact) mass is 267 g/mol. The Morgan fingerprint density at radius 3 is 2.93 bits per heavy atom. The van der Waals surface area contributed by atoms with Gasteiger partial charge in [-0.05, 0) is 30.2 Å². The average Bonchev–Trinajstić information content (AvgIpc) is 2.60. The van der Waals surface area contributed by atoms with E-state index in [4.69, 9.17) is 5.11 Å². The Bertz CT molecular complexity index is 464. The minimum Gasteiger partial charge on any atom is -0.396 e. The summed E-state index contributed by atoms with van der Waals surface area (Å²) in [5.74, 6) is 0.296. The van der Waals surface area contributed by atoms with Gasteiger partial charge < -0.3 is 9.67 Å². The van der Waals surface area contributed by atoms with E-state index in [0.717, 1.165) is 11.0 Å². The van der Waals surface area contributed by atoms with Gasteiger partial charge in [-0.15, -0.1) is 0 Å². The van der Waals surface area contributed by atoms with Crippen molar-refractivity contribution in [3.63, 3.8) is 0 Å². The summed E-state index contributed by atoms with van der Waals surface area (Å²) < 4.78 is 3.28. The van der Waals surface area contributed by atoms with E-state index in [2.05, 4.69) is 44.9 Å². The van der Waals surface area contributed by atoms with E-state index >= 15 is 0 Å². The first-order valence-corrected chi connectivity index (χ1v) is 5.85. The molecule has 0 aliphatic heterocycles. The van der Waals surface area contributed by atoms with Crippen molar-refractivity contribution in [1.29, 1.82) is 0 Å². The molecule has 0 radical (unpaired) electrons. The van der Waals surface area contributed by atoms with Crippen molar-refractivity contribution in [2.45, 2.75) is 13.5 Å². The van der Waals surface area contributed by atoms with Crippen LogP contribution in [0.1, 0.15) is 6.92 Å². The molecule has 0 fully saturated rings. The molecule has 2 rings (SSSR count). The van der Waals surface area contributed by atoms with Crippen molar-refractivity contribution >= 4 is 26.8 Å². The first-order valence-electron chi connectivity index (χ1n) is 5.06. The average molecular weight is 268 g/mol. The van der Waals surface area contributed by atoms with Gasteiger partial charge in [0.05, 0.1) is 0 Å². The van der Waals surface area contributed by atoms with Crippen molar-refractivity contribution in [3.8, 4) is 0 Å². The van der Waals surface area contributed by atoms with E-state index in [-0.39, 0.29) is 6.61 Å². The highest BCUT2D eigenvalue weighted by atomic mass is 79.9. The molecule has 1 N–H and O–H groups in total. The lowest BCUT2D eigenvalue weighted by Crippen LogP contribution is -2.09. The second kappa shape index (κ2) is 4.37. The summed E-state index contributed by atoms with van der Waals surface area (Å²) >= 11 is 3.46. The van der Waals surface area contributed by atoms with Gasteiger partial charge in [-0.2, -0.15) is 0 Å². The van der Waals surface area contributed by atoms with Gasteiger partial charge >= 0.3 is 0 Å². The molecule has 0 saturated carbocycles. The lowest BCUT2D eigenvalue weighted by Gasteiger charge is -2.10. The molecule has 0 aliphatic carbocycles. The van der Waals surface area contributed by atoms with Crippen molar-refractivity contribution in [2.75, 3.05) is 6.61 Å². The van der Waals surface area contributed by atoms with E-state index in [1.165, 1.54) is 10.9 Å². The number of fused-ring (bicyclic) bond motifs is 1. The minimum atomic E-state index is 0.232. The maximum Gasteiger partial charge on any atom is 0.0481 e. The Morgan fingerprint density at radius 1 is 1.40 bits per heavy atom. The maximum absolute atomic E-state index is 9.03. The largest absolute Gasteiger partial charge is 0.396 e. The van der Waals surface area contributed by atoms with Gasteiger partial charge in [-0.3, -0.25) is 0 Å². The van der Waals surface area contributed by atoms with Crippen LogP contribution in [-0.2, 0) is 6.54 Å². The number of halogens is 1. The van der Waals surface area contributed by atoms with Crippen molar-refractivity contribution < 1.29 is 5.11 Å². The highest BCUT2D eigenvalue weighted by Crippen LogP contribution is 2.21. The molecule has 0 aliphatic rings. The van der Waals surface area contributed by atoms with Gasteiger partial charge in [0.2, 0.25) is 0 Å². The van der Waals surface area contributed by atoms with Crippen LogP contribution < -0.4 is 0 Å². The molecule has 0 spiro atoms. The van der Waals surface area contributed by atoms with Gasteiger partial charge in [0.15, 0.2) is 0 Å². The summed E-state index contributed by atoms with van der Waals surface area (Å²) in [6, 6.07) is 8.35. The highest BCUT2D eigenvalue weighted by Gasteiger charge is 2.05. The second-order valence-corrected chi connectivity index (χ2v) is 4.87. The number of hydrogen-bond donors (Lipinski definition) is 1. The van der Waals surface area contributed by atoms with E-state index in [1.807, 2.05) is 13.0 Å². The van der Waals surface area contributed by atoms with E-state index in [9.17, 15) is 0 Å². The number of rotatable bonds is 3. The molecular formula is C12H14BrNO. The molecule has 1 aromatic carbocycles. The van der Waals surface area contributed by atoms with Crippen molar-refractivity contribution in [1.82, 2.24) is 4.57 Å². The van der Waals surface area contributed by atoms with Crippen LogP contribution in [0.2, 0.25) is 0 Å². The van der Waals surface area contributed by atoms with E-state index in [0.29, 0.717) is 5.92 Å². The molecule has 1 unspecified atom stereocenters. The minimum absolute atomic E-state index is 0.232. The summed E-state index contributed by atoms with van der Waals surface area (Å²) in [4.78, 5) is 0. The van der Waals surface area contributed by atoms with Gasteiger partial charge in [0.1, 0.15) is 0 Å². The fourth-order valence-electron chi connectivity index (χ4n) is 1.72. The zero-order chi connectivity index (χ0) is 10.8. The summed E-state index contributed by atoms with van der Waals surface area (Å²) in [7, 11) is 0. The number of nitrogens with zero attached hydrogens (tertiary/aromatic N) is 1. The fraction of sp³-hybridized carbons (Fsp3) is 0.333. The number of hydrogen-bond acceptors (Lipinski definition) is 1. The molecule has 0 bridgehead atoms. The first kappa shape index (κ1) is 10.7. The van der Waals surface area contributed by atoms with Crippen LogP contribution in [0.15, 0.2) is 34.9 Å². The zero-order valence-corrected chi connectivity index (χ0v) is 10.2. The number of aliphatic hydroxyl groups excluding tert-OH is 1. The summed E-state index contributed by atoms with van der Waals surface area (Å²) in [5, 5.41) is 10.3. The summed E-state index contributed by atoms with van der Waals surface area (Å²) in [6.45, 7) is 3.14. The van der Waals surface area contributed by atoms with Crippen LogP contribution >= 0.6 is 15.9 Å². The fourth-order valence-corrected chi connectivity index (χ4v) is 2.10. The van der Waals surface area contributed by atoms with Gasteiger partial charge in [0, 0.05) is 34.7 Å². The smallest absolute Gasteiger partial charge is 0.0481 e. The van der Waals surface area contributed by atoms with Crippen LogP contribution in [0.3, 0.4) is 0 Å². The highest BCUT2D eigenvalue weighted by molar-refractivity contribution is 9.10. The third-order valence-corrected chi connectivity index (χ3v) is 3.05. The maximum atomic E-state index is 9.03. The number of aromatic nitrogens is 1. The normalized spacial score (nSPS) is 13.3. The molecule has 1 heterocycles. The third kappa shape index (κ3) is 2.24. The van der Waals surface area contributed by atoms with Gasteiger partial charge in [-0.25, -0.2) is 0 Å². The summed E-state index contributed by atoms with van der Waals surface area (Å²) in [5.41, 5.74) is 1.22. The molecule has 80 valence electrons. The predicted octanol–water partition coefficient (Wildman–Crippen LogP) is 3.03. The Labute approximate surface area is 97.7 Å². The molecule has 0 amide bonds. The molecule has 15 heavy (non-hydrogen) atoms. The SMILES string of the molecule is CC(CO)Cn1ccc2cc(Br)ccc21. The van der Waals surface area contributed by atoms with Crippen LogP contribution in [0.25, 0.3) is 10.9 Å². The molecule has 1 atom stereocenters. The van der Waals surface area contributed by atoms with Crippen molar-refractivity contribution in [3.05, 3.63) is 34.9 Å². The lowest BCUT2D eigenvalue weighted by molar-refractivity contribution is 0.224. The number of benzene rings is 1.